The van der Waals surface area contributed by atoms with Crippen LogP contribution in [0, 0.1) is 0 Å². The van der Waals surface area contributed by atoms with E-state index < -0.39 is 0 Å². The third-order valence-corrected chi connectivity index (χ3v) is 4.70. The van der Waals surface area contributed by atoms with Gasteiger partial charge >= 0.3 is 0 Å². The Hall–Kier alpha value is -3.08. The number of methoxy groups -OCH3 is 1. The first kappa shape index (κ1) is 19.7. The first-order valence-electron chi connectivity index (χ1n) is 9.79. The molecule has 0 saturated heterocycles. The highest BCUT2D eigenvalue weighted by molar-refractivity contribution is 5.64. The summed E-state index contributed by atoms with van der Waals surface area (Å²) in [6.45, 7) is 6.85. The number of hydrogen-bond acceptors (Lipinski definition) is 5. The molecule has 2 aromatic carbocycles. The summed E-state index contributed by atoms with van der Waals surface area (Å²) in [4.78, 5) is 11.7. The second kappa shape index (κ2) is 9.74. The van der Waals surface area contributed by atoms with Crippen LogP contribution in [0.3, 0.4) is 0 Å². The molecule has 3 aromatic rings. The van der Waals surface area contributed by atoms with Crippen molar-refractivity contribution >= 4 is 11.8 Å². The van der Waals surface area contributed by atoms with Crippen LogP contribution < -0.4 is 15.0 Å². The number of nitrogens with zero attached hydrogens (tertiary/aromatic N) is 3. The Morgan fingerprint density at radius 1 is 0.929 bits per heavy atom. The number of hydrogen-bond donors (Lipinski definition) is 1. The number of benzene rings is 2. The average Bonchev–Trinajstić information content (AvgIpc) is 2.75. The summed E-state index contributed by atoms with van der Waals surface area (Å²) >= 11 is 0. The quantitative estimate of drug-likeness (QED) is 0.589. The van der Waals surface area contributed by atoms with Crippen molar-refractivity contribution in [3.05, 3.63) is 66.2 Å². The van der Waals surface area contributed by atoms with Crippen molar-refractivity contribution in [3.8, 4) is 17.0 Å². The number of ether oxygens (including phenoxy) is 1. The first-order valence-corrected chi connectivity index (χ1v) is 9.79. The molecular weight excluding hydrogens is 348 g/mol. The second-order valence-electron chi connectivity index (χ2n) is 6.50. The summed E-state index contributed by atoms with van der Waals surface area (Å²) in [5.74, 6) is 2.48. The van der Waals surface area contributed by atoms with Gasteiger partial charge in [-0.15, -0.1) is 0 Å². The molecule has 0 radical (unpaired) electrons. The van der Waals surface area contributed by atoms with Crippen molar-refractivity contribution in [2.75, 3.05) is 37.0 Å². The van der Waals surface area contributed by atoms with E-state index in [0.29, 0.717) is 5.95 Å². The number of anilines is 2. The van der Waals surface area contributed by atoms with Crippen molar-refractivity contribution in [1.82, 2.24) is 9.97 Å². The zero-order valence-electron chi connectivity index (χ0n) is 16.9. The van der Waals surface area contributed by atoms with E-state index in [-0.39, 0.29) is 0 Å². The zero-order valence-corrected chi connectivity index (χ0v) is 16.9. The summed E-state index contributed by atoms with van der Waals surface area (Å²) < 4.78 is 5.30. The van der Waals surface area contributed by atoms with E-state index in [1.54, 1.807) is 7.11 Å². The van der Waals surface area contributed by atoms with Crippen LogP contribution in [0.1, 0.15) is 19.4 Å². The summed E-state index contributed by atoms with van der Waals surface area (Å²) in [7, 11) is 1.69. The van der Waals surface area contributed by atoms with Crippen LogP contribution in [0.5, 0.6) is 5.75 Å². The highest BCUT2D eigenvalue weighted by Gasteiger charge is 2.10. The summed E-state index contributed by atoms with van der Waals surface area (Å²) in [6, 6.07) is 20.4. The molecule has 28 heavy (non-hydrogen) atoms. The van der Waals surface area contributed by atoms with E-state index >= 15 is 0 Å². The molecule has 0 amide bonds. The molecule has 0 unspecified atom stereocenters. The molecule has 1 aromatic heterocycles. The molecule has 0 aliphatic rings. The maximum Gasteiger partial charge on any atom is 0.225 e. The topological polar surface area (TPSA) is 50.3 Å². The highest BCUT2D eigenvalue weighted by atomic mass is 16.5. The number of rotatable bonds is 9. The monoisotopic (exact) mass is 376 g/mol. The van der Waals surface area contributed by atoms with Gasteiger partial charge in [-0.05, 0) is 38.0 Å². The van der Waals surface area contributed by atoms with E-state index in [0.717, 1.165) is 48.9 Å². The van der Waals surface area contributed by atoms with E-state index in [9.17, 15) is 0 Å². The van der Waals surface area contributed by atoms with Crippen LogP contribution in [0.4, 0.5) is 11.8 Å². The van der Waals surface area contributed by atoms with Crippen molar-refractivity contribution in [3.63, 3.8) is 0 Å². The van der Waals surface area contributed by atoms with E-state index in [1.807, 2.05) is 30.3 Å². The number of aromatic nitrogens is 2. The lowest BCUT2D eigenvalue weighted by Crippen LogP contribution is -2.23. The molecule has 5 heteroatoms. The summed E-state index contributed by atoms with van der Waals surface area (Å²) in [6.07, 6.45) is 0.872. The number of nitrogens with one attached hydrogen (secondary N) is 1. The van der Waals surface area contributed by atoms with E-state index in [2.05, 4.69) is 54.4 Å². The lowest BCUT2D eigenvalue weighted by atomic mass is 10.1. The van der Waals surface area contributed by atoms with Gasteiger partial charge in [-0.2, -0.15) is 4.98 Å². The minimum atomic E-state index is 0.658. The normalized spacial score (nSPS) is 10.5. The van der Waals surface area contributed by atoms with E-state index in [4.69, 9.17) is 14.7 Å². The molecule has 0 aliphatic heterocycles. The van der Waals surface area contributed by atoms with Gasteiger partial charge in [0.2, 0.25) is 5.95 Å². The molecule has 1 N–H and O–H groups in total. The minimum absolute atomic E-state index is 0.658. The predicted octanol–water partition coefficient (Wildman–Crippen LogP) is 4.65. The minimum Gasteiger partial charge on any atom is -0.497 e. The van der Waals surface area contributed by atoms with Crippen LogP contribution in [0.15, 0.2) is 60.7 Å². The van der Waals surface area contributed by atoms with Crippen molar-refractivity contribution in [2.45, 2.75) is 20.3 Å². The molecule has 0 spiro atoms. The van der Waals surface area contributed by atoms with Crippen molar-refractivity contribution < 1.29 is 4.74 Å². The molecular formula is C23H28N4O. The molecule has 3 rings (SSSR count). The Kier molecular flexibility index (Phi) is 6.84. The van der Waals surface area contributed by atoms with Gasteiger partial charge in [-0.1, -0.05) is 42.5 Å². The Morgan fingerprint density at radius 2 is 1.71 bits per heavy atom. The van der Waals surface area contributed by atoms with Gasteiger partial charge in [0.1, 0.15) is 11.6 Å². The Morgan fingerprint density at radius 3 is 2.43 bits per heavy atom. The smallest absolute Gasteiger partial charge is 0.225 e. The van der Waals surface area contributed by atoms with Gasteiger partial charge in [0.15, 0.2) is 0 Å². The molecule has 0 bridgehead atoms. The Bertz CT molecular complexity index is 879. The Labute approximate surface area is 167 Å². The van der Waals surface area contributed by atoms with E-state index in [1.165, 1.54) is 5.56 Å². The van der Waals surface area contributed by atoms with Gasteiger partial charge in [-0.25, -0.2) is 4.98 Å². The second-order valence-corrected chi connectivity index (χ2v) is 6.50. The van der Waals surface area contributed by atoms with Crippen LogP contribution in [0.2, 0.25) is 0 Å². The van der Waals surface area contributed by atoms with Gasteiger partial charge in [0.05, 0.1) is 12.8 Å². The van der Waals surface area contributed by atoms with Crippen LogP contribution in [-0.4, -0.2) is 36.7 Å². The lowest BCUT2D eigenvalue weighted by Gasteiger charge is -2.21. The largest absolute Gasteiger partial charge is 0.497 e. The fourth-order valence-corrected chi connectivity index (χ4v) is 3.13. The van der Waals surface area contributed by atoms with Gasteiger partial charge in [0, 0.05) is 31.3 Å². The fourth-order valence-electron chi connectivity index (χ4n) is 3.13. The molecule has 0 aliphatic carbocycles. The molecule has 146 valence electrons. The molecule has 0 fully saturated rings. The highest BCUT2D eigenvalue weighted by Crippen LogP contribution is 2.23. The average molecular weight is 377 g/mol. The Balaban J connectivity index is 1.79. The van der Waals surface area contributed by atoms with Crippen LogP contribution in [-0.2, 0) is 6.42 Å². The maximum atomic E-state index is 5.30. The molecule has 1 heterocycles. The molecule has 0 saturated carbocycles. The molecule has 0 atom stereocenters. The van der Waals surface area contributed by atoms with Crippen molar-refractivity contribution in [2.24, 2.45) is 0 Å². The zero-order chi connectivity index (χ0) is 19.8. The first-order chi connectivity index (χ1) is 13.7. The summed E-state index contributed by atoms with van der Waals surface area (Å²) in [5, 5.41) is 3.39. The van der Waals surface area contributed by atoms with Gasteiger partial charge < -0.3 is 15.0 Å². The lowest BCUT2D eigenvalue weighted by molar-refractivity contribution is 0.414. The fraction of sp³-hybridized carbons (Fsp3) is 0.304. The van der Waals surface area contributed by atoms with Crippen molar-refractivity contribution in [1.29, 1.82) is 0 Å². The van der Waals surface area contributed by atoms with Gasteiger partial charge in [0.25, 0.3) is 0 Å². The SMILES string of the molecule is CCN(CC)c1cc(-c2ccccc2)nc(NCCc2cccc(OC)c2)n1. The van der Waals surface area contributed by atoms with Gasteiger partial charge in [-0.3, -0.25) is 0 Å². The molecule has 5 nitrogen and oxygen atoms in total. The predicted molar refractivity (Wildman–Crippen MR) is 116 cm³/mol. The maximum absolute atomic E-state index is 5.30. The summed E-state index contributed by atoms with van der Waals surface area (Å²) in [5.41, 5.74) is 3.24. The third-order valence-electron chi connectivity index (χ3n) is 4.70. The third kappa shape index (κ3) is 5.00. The van der Waals surface area contributed by atoms with Crippen LogP contribution >= 0.6 is 0 Å². The standard InChI is InChI=1S/C23H28N4O/c1-4-27(5-2)22-17-21(19-11-7-6-8-12-19)25-23(26-22)24-15-14-18-10-9-13-20(16-18)28-3/h6-13,16-17H,4-5,14-15H2,1-3H3,(H,24,25,26). The van der Waals surface area contributed by atoms with Crippen LogP contribution in [0.25, 0.3) is 11.3 Å².